The fraction of sp³-hybridized carbons (Fsp3) is 0.750. The van der Waals surface area contributed by atoms with E-state index in [1.807, 2.05) is 0 Å². The first kappa shape index (κ1) is 14.2. The Labute approximate surface area is 109 Å². The zero-order chi connectivity index (χ0) is 14.1. The number of halogens is 3. The van der Waals surface area contributed by atoms with Crippen LogP contribution in [0.4, 0.5) is 13.2 Å². The Morgan fingerprint density at radius 3 is 2.63 bits per heavy atom. The minimum absolute atomic E-state index is 0.0504. The lowest BCUT2D eigenvalue weighted by atomic mass is 9.77. The van der Waals surface area contributed by atoms with Gasteiger partial charge < -0.3 is 10.2 Å². The summed E-state index contributed by atoms with van der Waals surface area (Å²) in [6.07, 6.45) is -1.08. The van der Waals surface area contributed by atoms with Crippen molar-refractivity contribution in [2.75, 3.05) is 6.61 Å². The number of rotatable bonds is 3. The fourth-order valence-corrected chi connectivity index (χ4v) is 2.97. The highest BCUT2D eigenvalue weighted by Crippen LogP contribution is 2.49. The minimum atomic E-state index is -4.55. The van der Waals surface area contributed by atoms with E-state index >= 15 is 0 Å². The molecular weight excluding hydrogens is 261 g/mol. The number of esters is 1. The lowest BCUT2D eigenvalue weighted by Gasteiger charge is -2.38. The van der Waals surface area contributed by atoms with E-state index in [1.54, 1.807) is 6.92 Å². The van der Waals surface area contributed by atoms with Crippen LogP contribution in [0.15, 0.2) is 11.8 Å². The van der Waals surface area contributed by atoms with Crippen molar-refractivity contribution in [3.8, 4) is 0 Å². The van der Waals surface area contributed by atoms with Crippen molar-refractivity contribution in [3.05, 3.63) is 11.8 Å². The largest absolute Gasteiger partial charge is 0.463 e. The van der Waals surface area contributed by atoms with Gasteiger partial charge in [0.2, 0.25) is 0 Å². The predicted molar refractivity (Wildman–Crippen MR) is 61.7 cm³/mol. The highest BCUT2D eigenvalue weighted by Gasteiger charge is 2.65. The number of nitrogens with one attached hydrogen (secondary N) is 2. The van der Waals surface area contributed by atoms with Crippen LogP contribution in [-0.4, -0.2) is 24.3 Å². The maximum atomic E-state index is 13.6. The van der Waals surface area contributed by atoms with Crippen molar-refractivity contribution in [1.29, 1.82) is 0 Å². The van der Waals surface area contributed by atoms with Crippen LogP contribution in [0.5, 0.6) is 0 Å². The van der Waals surface area contributed by atoms with Crippen LogP contribution in [0.25, 0.3) is 0 Å². The maximum absolute atomic E-state index is 13.6. The number of carbonyl (C=O) groups excluding carboxylic acids is 1. The van der Waals surface area contributed by atoms with Gasteiger partial charge in [-0.25, -0.2) is 10.2 Å². The van der Waals surface area contributed by atoms with Crippen LogP contribution >= 0.6 is 0 Å². The predicted octanol–water partition coefficient (Wildman–Crippen LogP) is 2.03. The highest BCUT2D eigenvalue weighted by molar-refractivity contribution is 5.92. The molecule has 0 saturated heterocycles. The Hall–Kier alpha value is -1.24. The Morgan fingerprint density at radius 1 is 1.47 bits per heavy atom. The molecule has 0 spiro atoms. The average molecular weight is 278 g/mol. The van der Waals surface area contributed by atoms with Gasteiger partial charge in [-0.1, -0.05) is 12.8 Å². The molecule has 1 fully saturated rings. The topological polar surface area (TPSA) is 50.4 Å². The van der Waals surface area contributed by atoms with Crippen LogP contribution < -0.4 is 10.9 Å². The number of hydrazine groups is 1. The molecule has 2 rings (SSSR count). The van der Waals surface area contributed by atoms with Crippen molar-refractivity contribution in [2.45, 2.75) is 44.3 Å². The molecule has 1 aliphatic heterocycles. The summed E-state index contributed by atoms with van der Waals surface area (Å²) in [4.78, 5) is 11.8. The molecule has 1 heterocycles. The van der Waals surface area contributed by atoms with Gasteiger partial charge in [0.25, 0.3) is 0 Å². The van der Waals surface area contributed by atoms with Crippen LogP contribution in [0.3, 0.4) is 0 Å². The van der Waals surface area contributed by atoms with Gasteiger partial charge in [0, 0.05) is 6.20 Å². The number of carbonyl (C=O) groups is 1. The molecule has 0 aromatic heterocycles. The van der Waals surface area contributed by atoms with Gasteiger partial charge >= 0.3 is 12.1 Å². The van der Waals surface area contributed by atoms with Crippen LogP contribution in [0.1, 0.15) is 32.6 Å². The number of alkyl halides is 3. The van der Waals surface area contributed by atoms with E-state index in [1.165, 1.54) is 0 Å². The lowest BCUT2D eigenvalue weighted by Crippen LogP contribution is -2.62. The third-order valence-electron chi connectivity index (χ3n) is 3.82. The molecule has 2 N–H and O–H groups in total. The maximum Gasteiger partial charge on any atom is 0.413 e. The lowest BCUT2D eigenvalue weighted by molar-refractivity contribution is -0.202. The standard InChI is InChI=1S/C12H17F3N2O2/c1-2-19-10(18)9-7-16-17-11(9,12(13,14)15)8-5-3-4-6-8/h7-8,16-17H,2-6H2,1H3. The first-order valence-corrected chi connectivity index (χ1v) is 6.40. The molecule has 4 nitrogen and oxygen atoms in total. The van der Waals surface area contributed by atoms with Gasteiger partial charge in [0.05, 0.1) is 12.2 Å². The van der Waals surface area contributed by atoms with E-state index in [-0.39, 0.29) is 12.2 Å². The number of ether oxygens (including phenoxy) is 1. The molecule has 0 bridgehead atoms. The van der Waals surface area contributed by atoms with Crippen LogP contribution in [0, 0.1) is 5.92 Å². The van der Waals surface area contributed by atoms with E-state index < -0.39 is 23.6 Å². The van der Waals surface area contributed by atoms with E-state index in [0.29, 0.717) is 12.8 Å². The molecule has 0 amide bonds. The Morgan fingerprint density at radius 2 is 2.11 bits per heavy atom. The van der Waals surface area contributed by atoms with Crippen LogP contribution in [0.2, 0.25) is 0 Å². The molecule has 0 aromatic carbocycles. The van der Waals surface area contributed by atoms with Crippen molar-refractivity contribution in [3.63, 3.8) is 0 Å². The summed E-state index contributed by atoms with van der Waals surface area (Å²) in [7, 11) is 0. The Kier molecular flexibility index (Phi) is 3.75. The van der Waals surface area contributed by atoms with Gasteiger partial charge in [0.15, 0.2) is 5.54 Å². The van der Waals surface area contributed by atoms with Gasteiger partial charge in [-0.3, -0.25) is 0 Å². The molecule has 19 heavy (non-hydrogen) atoms. The molecule has 1 unspecified atom stereocenters. The zero-order valence-corrected chi connectivity index (χ0v) is 10.6. The zero-order valence-electron chi connectivity index (χ0n) is 10.6. The molecule has 7 heteroatoms. The third-order valence-corrected chi connectivity index (χ3v) is 3.82. The Balaban J connectivity index is 2.38. The summed E-state index contributed by atoms with van der Waals surface area (Å²) in [6, 6.07) is 0. The molecule has 2 aliphatic rings. The molecule has 1 saturated carbocycles. The SMILES string of the molecule is CCOC(=O)C1=CNNC1(C1CCCC1)C(F)(F)F. The molecular formula is C12H17F3N2O2. The molecule has 1 atom stereocenters. The number of hydrogen-bond donors (Lipinski definition) is 2. The third kappa shape index (κ3) is 2.20. The van der Waals surface area contributed by atoms with Gasteiger partial charge in [-0.2, -0.15) is 13.2 Å². The second kappa shape index (κ2) is 5.03. The summed E-state index contributed by atoms with van der Waals surface area (Å²) in [5.41, 5.74) is 1.94. The van der Waals surface area contributed by atoms with Gasteiger partial charge in [-0.05, 0) is 25.7 Å². The summed E-state index contributed by atoms with van der Waals surface area (Å²) < 4.78 is 45.5. The van der Waals surface area contributed by atoms with E-state index in [4.69, 9.17) is 4.74 Å². The van der Waals surface area contributed by atoms with Gasteiger partial charge in [-0.15, -0.1) is 0 Å². The highest BCUT2D eigenvalue weighted by atomic mass is 19.4. The van der Waals surface area contributed by atoms with Crippen LogP contribution in [-0.2, 0) is 9.53 Å². The summed E-state index contributed by atoms with van der Waals surface area (Å²) >= 11 is 0. The van der Waals surface area contributed by atoms with E-state index in [0.717, 1.165) is 19.0 Å². The fourth-order valence-electron chi connectivity index (χ4n) is 2.97. The van der Waals surface area contributed by atoms with Crippen molar-refractivity contribution in [2.24, 2.45) is 5.92 Å². The quantitative estimate of drug-likeness (QED) is 0.776. The number of hydrogen-bond acceptors (Lipinski definition) is 4. The van der Waals surface area contributed by atoms with Crippen molar-refractivity contribution >= 4 is 5.97 Å². The second-order valence-corrected chi connectivity index (χ2v) is 4.83. The first-order valence-electron chi connectivity index (χ1n) is 6.40. The smallest absolute Gasteiger partial charge is 0.413 e. The summed E-state index contributed by atoms with van der Waals surface area (Å²) in [5, 5.41) is 0. The van der Waals surface area contributed by atoms with E-state index in [9.17, 15) is 18.0 Å². The minimum Gasteiger partial charge on any atom is -0.463 e. The van der Waals surface area contributed by atoms with E-state index in [2.05, 4.69) is 10.9 Å². The van der Waals surface area contributed by atoms with Gasteiger partial charge in [0.1, 0.15) is 0 Å². The average Bonchev–Trinajstić information content (AvgIpc) is 2.97. The second-order valence-electron chi connectivity index (χ2n) is 4.83. The first-order chi connectivity index (χ1) is 8.93. The molecule has 1 aliphatic carbocycles. The van der Waals surface area contributed by atoms with Crippen molar-refractivity contribution < 1.29 is 22.7 Å². The molecule has 0 aromatic rings. The van der Waals surface area contributed by atoms with Crippen molar-refractivity contribution in [1.82, 2.24) is 10.9 Å². The summed E-state index contributed by atoms with van der Waals surface area (Å²) in [5.74, 6) is -1.55. The normalized spacial score (nSPS) is 28.1. The monoisotopic (exact) mass is 278 g/mol. The Bertz CT molecular complexity index is 389. The molecule has 0 radical (unpaired) electrons. The molecule has 108 valence electrons. The summed E-state index contributed by atoms with van der Waals surface area (Å²) in [6.45, 7) is 1.62.